The van der Waals surface area contributed by atoms with Crippen LogP contribution in [-0.2, 0) is 7.05 Å². The van der Waals surface area contributed by atoms with Crippen molar-refractivity contribution in [2.45, 2.75) is 20.8 Å². The van der Waals surface area contributed by atoms with Crippen LogP contribution < -0.4 is 4.57 Å². The molecular weight excluding hydrogens is 385 g/mol. The van der Waals surface area contributed by atoms with Crippen molar-refractivity contribution in [2.24, 2.45) is 7.05 Å². The fourth-order valence-electron chi connectivity index (χ4n) is 2.84. The van der Waals surface area contributed by atoms with E-state index in [9.17, 15) is 0 Å². The molecule has 0 saturated heterocycles. The zero-order valence-corrected chi connectivity index (χ0v) is 15.4. The molecule has 1 aromatic heterocycles. The van der Waals surface area contributed by atoms with E-state index in [-0.39, 0.29) is 0 Å². The van der Waals surface area contributed by atoms with Gasteiger partial charge in [0.1, 0.15) is 5.69 Å². The summed E-state index contributed by atoms with van der Waals surface area (Å²) in [5, 5.41) is 4.79. The van der Waals surface area contributed by atoms with Crippen LogP contribution in [0.2, 0.25) is 0 Å². The zero-order valence-electron chi connectivity index (χ0n) is 13.3. The first kappa shape index (κ1) is 15.2. The van der Waals surface area contributed by atoms with E-state index in [2.05, 4.69) is 102 Å². The Bertz CT molecular complexity index is 829. The highest BCUT2D eigenvalue weighted by molar-refractivity contribution is 14.1. The molecule has 0 atom stereocenters. The Balaban J connectivity index is 2.36. The molecular formula is C18H19IN3+. The van der Waals surface area contributed by atoms with Crippen LogP contribution in [0.4, 0.5) is 0 Å². The van der Waals surface area contributed by atoms with Crippen LogP contribution in [-0.4, -0.2) is 9.78 Å². The number of benzene rings is 2. The van der Waals surface area contributed by atoms with E-state index in [0.29, 0.717) is 0 Å². The molecule has 0 spiro atoms. The number of hydrogen-bond acceptors (Lipinski definition) is 1. The van der Waals surface area contributed by atoms with Gasteiger partial charge >= 0.3 is 3.83 Å². The van der Waals surface area contributed by atoms with Gasteiger partial charge in [-0.05, 0) is 43.5 Å². The lowest BCUT2D eigenvalue weighted by Crippen LogP contribution is -2.33. The average Bonchev–Trinajstić information content (AvgIpc) is 2.75. The highest BCUT2D eigenvalue weighted by Gasteiger charge is 2.27. The van der Waals surface area contributed by atoms with Gasteiger partial charge in [-0.15, -0.1) is 0 Å². The maximum atomic E-state index is 4.79. The first-order chi connectivity index (χ1) is 10.5. The topological polar surface area (TPSA) is 21.7 Å². The quantitative estimate of drug-likeness (QED) is 0.469. The molecule has 3 aromatic rings. The van der Waals surface area contributed by atoms with Gasteiger partial charge in [-0.1, -0.05) is 41.1 Å². The number of para-hydroxylation sites is 1. The van der Waals surface area contributed by atoms with Gasteiger partial charge in [-0.2, -0.15) is 0 Å². The number of aromatic nitrogens is 3. The highest BCUT2D eigenvalue weighted by atomic mass is 127. The first-order valence-corrected chi connectivity index (χ1v) is 8.35. The van der Waals surface area contributed by atoms with Crippen LogP contribution >= 0.6 is 22.6 Å². The maximum Gasteiger partial charge on any atom is 0.337 e. The number of nitrogens with zero attached hydrogens (tertiary/aromatic N) is 3. The lowest BCUT2D eigenvalue weighted by atomic mass is 10.1. The van der Waals surface area contributed by atoms with Crippen LogP contribution in [0.1, 0.15) is 16.7 Å². The van der Waals surface area contributed by atoms with Gasteiger partial charge in [0, 0.05) is 22.6 Å². The molecule has 0 saturated carbocycles. The van der Waals surface area contributed by atoms with E-state index in [1.54, 1.807) is 0 Å². The van der Waals surface area contributed by atoms with Crippen LogP contribution in [0, 0.1) is 24.6 Å². The molecule has 3 rings (SSSR count). The van der Waals surface area contributed by atoms with Gasteiger partial charge in [0.2, 0.25) is 0 Å². The number of halogens is 1. The summed E-state index contributed by atoms with van der Waals surface area (Å²) in [6, 6.07) is 14.8. The van der Waals surface area contributed by atoms with Crippen molar-refractivity contribution < 1.29 is 4.57 Å². The second-order valence-electron chi connectivity index (χ2n) is 5.62. The van der Waals surface area contributed by atoms with Crippen molar-refractivity contribution >= 4 is 22.6 Å². The van der Waals surface area contributed by atoms with Gasteiger partial charge in [-0.25, -0.2) is 4.57 Å². The number of hydrogen-bond donors (Lipinski definition) is 0. The minimum atomic E-state index is 0.971. The van der Waals surface area contributed by atoms with Gasteiger partial charge in [0.05, 0.1) is 17.7 Å². The van der Waals surface area contributed by atoms with Crippen LogP contribution in [0.15, 0.2) is 42.5 Å². The largest absolute Gasteiger partial charge is 0.337 e. The molecule has 0 radical (unpaired) electrons. The van der Waals surface area contributed by atoms with Gasteiger partial charge in [0.15, 0.2) is 0 Å². The monoisotopic (exact) mass is 404 g/mol. The summed E-state index contributed by atoms with van der Waals surface area (Å²) >= 11 is 2.29. The van der Waals surface area contributed by atoms with Crippen molar-refractivity contribution in [3.05, 3.63) is 63.0 Å². The Labute approximate surface area is 144 Å². The SMILES string of the molecule is Cc1ccccc1-c1n(-c2c(C)cccc2C)nc(I)[n+]1C. The Morgan fingerprint density at radius 2 is 1.50 bits per heavy atom. The fraction of sp³-hybridized carbons (Fsp3) is 0.222. The molecule has 0 amide bonds. The third kappa shape index (κ3) is 2.45. The molecule has 0 aliphatic carbocycles. The first-order valence-electron chi connectivity index (χ1n) is 7.28. The molecule has 2 aromatic carbocycles. The maximum absolute atomic E-state index is 4.79. The minimum absolute atomic E-state index is 0.971. The van der Waals surface area contributed by atoms with Crippen molar-refractivity contribution in [1.29, 1.82) is 0 Å². The highest BCUT2D eigenvalue weighted by Crippen LogP contribution is 2.26. The molecule has 0 N–H and O–H groups in total. The Morgan fingerprint density at radius 1 is 0.909 bits per heavy atom. The van der Waals surface area contributed by atoms with Crippen molar-refractivity contribution in [2.75, 3.05) is 0 Å². The van der Waals surface area contributed by atoms with Gasteiger partial charge in [-0.3, -0.25) is 0 Å². The van der Waals surface area contributed by atoms with E-state index in [1.807, 2.05) is 0 Å². The molecule has 22 heavy (non-hydrogen) atoms. The molecule has 3 nitrogen and oxygen atoms in total. The molecule has 0 aliphatic heterocycles. The third-order valence-electron chi connectivity index (χ3n) is 4.01. The molecule has 0 unspecified atom stereocenters. The van der Waals surface area contributed by atoms with Crippen molar-refractivity contribution in [1.82, 2.24) is 9.78 Å². The lowest BCUT2D eigenvalue weighted by molar-refractivity contribution is -0.673. The minimum Gasteiger partial charge on any atom is -0.221 e. The summed E-state index contributed by atoms with van der Waals surface area (Å²) in [5.41, 5.74) is 6.09. The van der Waals surface area contributed by atoms with Crippen molar-refractivity contribution in [3.8, 4) is 17.1 Å². The second kappa shape index (κ2) is 5.83. The average molecular weight is 404 g/mol. The number of rotatable bonds is 2. The van der Waals surface area contributed by atoms with Crippen LogP contribution in [0.5, 0.6) is 0 Å². The predicted molar refractivity (Wildman–Crippen MR) is 97.1 cm³/mol. The Kier molecular flexibility index (Phi) is 4.04. The zero-order chi connectivity index (χ0) is 15.9. The second-order valence-corrected chi connectivity index (χ2v) is 6.58. The summed E-state index contributed by atoms with van der Waals surface area (Å²) in [6.07, 6.45) is 0. The third-order valence-corrected chi connectivity index (χ3v) is 4.95. The smallest absolute Gasteiger partial charge is 0.221 e. The van der Waals surface area contributed by atoms with E-state index in [0.717, 1.165) is 9.66 Å². The lowest BCUT2D eigenvalue weighted by Gasteiger charge is -2.08. The number of aryl methyl sites for hydroxylation is 3. The van der Waals surface area contributed by atoms with E-state index < -0.39 is 0 Å². The van der Waals surface area contributed by atoms with E-state index >= 15 is 0 Å². The standard InChI is InChI=1S/C18H19IN3/c1-12-8-5-6-11-15(12)17-21(4)18(19)20-22(17)16-13(2)9-7-10-14(16)3/h5-11H,1-4H3/q+1. The predicted octanol–water partition coefficient (Wildman–Crippen LogP) is 3.89. The normalized spacial score (nSPS) is 11.0. The fourth-order valence-corrected chi connectivity index (χ4v) is 3.28. The summed E-state index contributed by atoms with van der Waals surface area (Å²) in [4.78, 5) is 0. The van der Waals surface area contributed by atoms with E-state index in [4.69, 9.17) is 5.10 Å². The molecule has 4 heteroatoms. The van der Waals surface area contributed by atoms with Gasteiger partial charge in [0.25, 0.3) is 5.82 Å². The van der Waals surface area contributed by atoms with Crippen molar-refractivity contribution in [3.63, 3.8) is 0 Å². The molecule has 0 fully saturated rings. The molecule has 112 valence electrons. The molecule has 1 heterocycles. The Morgan fingerprint density at radius 3 is 2.14 bits per heavy atom. The van der Waals surface area contributed by atoms with E-state index in [1.165, 1.54) is 27.9 Å². The summed E-state index contributed by atoms with van der Waals surface area (Å²) in [5.74, 6) is 1.11. The van der Waals surface area contributed by atoms with Gasteiger partial charge < -0.3 is 0 Å². The summed E-state index contributed by atoms with van der Waals surface area (Å²) in [6.45, 7) is 6.42. The summed E-state index contributed by atoms with van der Waals surface area (Å²) in [7, 11) is 2.07. The Hall–Kier alpha value is -1.69. The van der Waals surface area contributed by atoms with Crippen LogP contribution in [0.3, 0.4) is 0 Å². The van der Waals surface area contributed by atoms with Crippen LogP contribution in [0.25, 0.3) is 17.1 Å². The summed E-state index contributed by atoms with van der Waals surface area (Å²) < 4.78 is 5.20. The molecule has 0 aliphatic rings. The molecule has 0 bridgehead atoms.